The number of para-hydroxylation sites is 2. The lowest BCUT2D eigenvalue weighted by Crippen LogP contribution is -2.15. The third-order valence-electron chi connectivity index (χ3n) is 10.3. The first-order valence-electron chi connectivity index (χ1n) is 20.2. The van der Waals surface area contributed by atoms with Gasteiger partial charge in [0.1, 0.15) is 23.3 Å². The second-order valence-corrected chi connectivity index (χ2v) is 18.9. The van der Waals surface area contributed by atoms with Crippen LogP contribution in [0.15, 0.2) is 198 Å². The van der Waals surface area contributed by atoms with Gasteiger partial charge in [-0.05, 0) is 145 Å². The summed E-state index contributed by atoms with van der Waals surface area (Å²) in [6.45, 7) is 0. The number of carboxylic acids is 2. The SMILES string of the molecule is N#C/C(=C\c1ccc(-c2ccc(C3=C=C=C(N(c4ccccc4)c4ccc(N(c5ccccc5)c5ccc(-c6ccc(-c7ccc(/C=C(\C#N)C(=O)O)s7)s6)cc5)cc4)C=C3)s2)s1)C(=O)O. The fraction of sp³-hybridized carbons (Fsp3) is 0. The van der Waals surface area contributed by atoms with Gasteiger partial charge >= 0.3 is 11.9 Å². The molecule has 0 amide bonds. The molecule has 0 saturated carbocycles. The van der Waals surface area contributed by atoms with E-state index in [1.165, 1.54) is 34.8 Å². The van der Waals surface area contributed by atoms with Crippen LogP contribution in [0.5, 0.6) is 0 Å². The Kier molecular flexibility index (Phi) is 12.5. The van der Waals surface area contributed by atoms with E-state index in [9.17, 15) is 30.3 Å². The van der Waals surface area contributed by atoms with E-state index in [1.807, 2.05) is 84.9 Å². The van der Waals surface area contributed by atoms with Crippen LogP contribution in [-0.2, 0) is 9.59 Å². The predicted molar refractivity (Wildman–Crippen MR) is 270 cm³/mol. The van der Waals surface area contributed by atoms with E-state index < -0.39 is 11.9 Å². The highest BCUT2D eigenvalue weighted by Gasteiger charge is 2.19. The summed E-state index contributed by atoms with van der Waals surface area (Å²) in [5, 5.41) is 36.9. The average Bonchev–Trinajstić information content (AvgIpc) is 4.20. The summed E-state index contributed by atoms with van der Waals surface area (Å²) >= 11 is 6.15. The van der Waals surface area contributed by atoms with Crippen LogP contribution in [-0.4, -0.2) is 22.2 Å². The molecule has 8 aromatic rings. The minimum atomic E-state index is -1.25. The third kappa shape index (κ3) is 9.33. The molecule has 316 valence electrons. The normalized spacial score (nSPS) is 12.2. The molecule has 0 saturated heterocycles. The van der Waals surface area contributed by atoms with E-state index in [2.05, 4.69) is 106 Å². The number of allylic oxidation sites excluding steroid dienone is 3. The third-order valence-corrected chi connectivity index (χ3v) is 15.0. The van der Waals surface area contributed by atoms with Crippen molar-refractivity contribution in [1.82, 2.24) is 0 Å². The average molecular weight is 929 g/mol. The molecule has 0 atom stereocenters. The first-order chi connectivity index (χ1) is 32.2. The Morgan fingerprint density at radius 3 is 1.35 bits per heavy atom. The lowest BCUT2D eigenvalue weighted by molar-refractivity contribution is -0.133. The number of benzene rings is 4. The van der Waals surface area contributed by atoms with Crippen LogP contribution in [0.4, 0.5) is 28.4 Å². The van der Waals surface area contributed by atoms with Crippen LogP contribution >= 0.6 is 45.3 Å². The maximum atomic E-state index is 11.3. The molecule has 4 aromatic heterocycles. The van der Waals surface area contributed by atoms with Gasteiger partial charge in [-0.1, -0.05) is 54.3 Å². The number of aliphatic carboxylic acids is 2. The molecule has 0 spiro atoms. The van der Waals surface area contributed by atoms with E-state index in [4.69, 9.17) is 0 Å². The molecule has 0 unspecified atom stereocenters. The van der Waals surface area contributed by atoms with Gasteiger partial charge < -0.3 is 20.0 Å². The van der Waals surface area contributed by atoms with Gasteiger partial charge in [0.05, 0.1) is 5.70 Å². The zero-order chi connectivity index (χ0) is 45.6. The summed E-state index contributed by atoms with van der Waals surface area (Å²) in [6, 6.07) is 56.7. The second kappa shape index (κ2) is 19.2. The van der Waals surface area contributed by atoms with Crippen LogP contribution in [0.25, 0.3) is 47.7 Å². The molecule has 1 aliphatic rings. The van der Waals surface area contributed by atoms with Crippen LogP contribution in [0, 0.1) is 22.7 Å². The number of hydrogen-bond acceptors (Lipinski definition) is 10. The Morgan fingerprint density at radius 1 is 0.455 bits per heavy atom. The van der Waals surface area contributed by atoms with Crippen molar-refractivity contribution in [1.29, 1.82) is 10.5 Å². The molecule has 0 fully saturated rings. The maximum absolute atomic E-state index is 11.3. The van der Waals surface area contributed by atoms with Crippen LogP contribution in [0.1, 0.15) is 14.6 Å². The Balaban J connectivity index is 0.983. The molecular formula is C54H32N4O4S4. The first kappa shape index (κ1) is 43.0. The molecule has 2 N–H and O–H groups in total. The number of rotatable bonds is 14. The number of carbonyl (C=O) groups is 2. The predicted octanol–water partition coefficient (Wildman–Crippen LogP) is 14.8. The number of thiophene rings is 4. The fourth-order valence-electron chi connectivity index (χ4n) is 7.14. The monoisotopic (exact) mass is 928 g/mol. The summed E-state index contributed by atoms with van der Waals surface area (Å²) in [7, 11) is 0. The van der Waals surface area contributed by atoms with Gasteiger partial charge in [0.15, 0.2) is 0 Å². The van der Waals surface area contributed by atoms with Crippen molar-refractivity contribution in [2.45, 2.75) is 0 Å². The Bertz CT molecular complexity index is 3420. The lowest BCUT2D eigenvalue weighted by atomic mass is 10.1. The van der Waals surface area contributed by atoms with Gasteiger partial charge in [0.2, 0.25) is 0 Å². The van der Waals surface area contributed by atoms with Crippen molar-refractivity contribution >= 4 is 103 Å². The summed E-state index contributed by atoms with van der Waals surface area (Å²) in [6.07, 6.45) is 6.89. The molecule has 12 heteroatoms. The minimum absolute atomic E-state index is 0.295. The van der Waals surface area contributed by atoms with Crippen molar-refractivity contribution in [3.63, 3.8) is 0 Å². The van der Waals surface area contributed by atoms with Gasteiger partial charge in [0, 0.05) is 73.0 Å². The van der Waals surface area contributed by atoms with Crippen molar-refractivity contribution in [3.8, 4) is 42.1 Å². The van der Waals surface area contributed by atoms with Crippen molar-refractivity contribution in [2.75, 3.05) is 9.80 Å². The molecule has 0 bridgehead atoms. The summed E-state index contributed by atoms with van der Waals surface area (Å²) < 4.78 is 0. The largest absolute Gasteiger partial charge is 0.477 e. The number of nitriles is 2. The number of hydrogen-bond donors (Lipinski definition) is 2. The van der Waals surface area contributed by atoms with E-state index in [0.717, 1.165) is 74.5 Å². The standard InChI is InChI=1S/C54H32N4O4S4/c55-33-37(53(59)60)31-45-23-25-49(63-45)51-29-27-47(65-51)35-11-15-41(16-12-35)57(39-7-3-1-4-8-39)43-19-21-44(22-20-43)58(40-9-5-2-6-10-40)42-17-13-36(14-18-42)48-28-30-52(66-48)50-26-24-46(64-50)32-38(34-56)54(61)62/h1-13,15-17,19-32H,(H,59,60)(H,61,62)/b37-31+,38-32+. The first-order valence-corrected chi connectivity index (χ1v) is 23.5. The molecule has 4 heterocycles. The van der Waals surface area contributed by atoms with Crippen LogP contribution in [0.2, 0.25) is 0 Å². The Labute approximate surface area is 396 Å². The van der Waals surface area contributed by atoms with E-state index in [1.54, 1.807) is 34.8 Å². The van der Waals surface area contributed by atoms with Gasteiger partial charge in [-0.2, -0.15) is 10.5 Å². The molecule has 9 rings (SSSR count). The molecular weight excluding hydrogens is 897 g/mol. The zero-order valence-electron chi connectivity index (χ0n) is 34.5. The quantitative estimate of drug-likeness (QED) is 0.0627. The number of nitrogens with zero attached hydrogens (tertiary/aromatic N) is 4. The van der Waals surface area contributed by atoms with Crippen molar-refractivity contribution < 1.29 is 19.8 Å². The molecule has 1 aliphatic carbocycles. The molecule has 66 heavy (non-hydrogen) atoms. The zero-order valence-corrected chi connectivity index (χ0v) is 37.7. The molecule has 0 radical (unpaired) electrons. The van der Waals surface area contributed by atoms with Gasteiger partial charge in [-0.3, -0.25) is 0 Å². The van der Waals surface area contributed by atoms with Crippen molar-refractivity contribution in [2.24, 2.45) is 0 Å². The Morgan fingerprint density at radius 2 is 0.864 bits per heavy atom. The maximum Gasteiger partial charge on any atom is 0.346 e. The highest BCUT2D eigenvalue weighted by atomic mass is 32.1. The molecule has 8 nitrogen and oxygen atoms in total. The summed E-state index contributed by atoms with van der Waals surface area (Å²) in [5.41, 5.74) is 13.9. The van der Waals surface area contributed by atoms with Gasteiger partial charge in [-0.25, -0.2) is 9.59 Å². The highest BCUT2D eigenvalue weighted by molar-refractivity contribution is 7.24. The van der Waals surface area contributed by atoms with E-state index in [0.29, 0.717) is 9.75 Å². The van der Waals surface area contributed by atoms with E-state index >= 15 is 0 Å². The highest BCUT2D eigenvalue weighted by Crippen LogP contribution is 2.42. The fourth-order valence-corrected chi connectivity index (χ4v) is 11.2. The number of anilines is 5. The van der Waals surface area contributed by atoms with Crippen LogP contribution in [0.3, 0.4) is 0 Å². The topological polar surface area (TPSA) is 129 Å². The summed E-state index contributed by atoms with van der Waals surface area (Å²) in [4.78, 5) is 34.6. The minimum Gasteiger partial charge on any atom is -0.477 e. The van der Waals surface area contributed by atoms with Crippen molar-refractivity contribution in [3.05, 3.63) is 213 Å². The summed E-state index contributed by atoms with van der Waals surface area (Å²) in [5.74, 6) is -2.49. The Hall–Kier alpha value is -8.28. The molecule has 4 aromatic carbocycles. The number of carboxylic acid groups (broad SMARTS) is 2. The van der Waals surface area contributed by atoms with Gasteiger partial charge in [-0.15, -0.1) is 45.3 Å². The lowest BCUT2D eigenvalue weighted by Gasteiger charge is -2.28. The second-order valence-electron chi connectivity index (χ2n) is 14.5. The molecule has 0 aliphatic heterocycles. The van der Waals surface area contributed by atoms with Crippen LogP contribution < -0.4 is 9.80 Å². The van der Waals surface area contributed by atoms with E-state index in [-0.39, 0.29) is 11.1 Å². The smallest absolute Gasteiger partial charge is 0.346 e. The van der Waals surface area contributed by atoms with Gasteiger partial charge in [0.25, 0.3) is 0 Å².